The maximum absolute atomic E-state index is 12.8. The van der Waals surface area contributed by atoms with Crippen LogP contribution in [0.3, 0.4) is 0 Å². The van der Waals surface area contributed by atoms with Crippen LogP contribution in [-0.4, -0.2) is 28.0 Å². The van der Waals surface area contributed by atoms with Gasteiger partial charge in [0.1, 0.15) is 11.5 Å². The molecule has 0 aliphatic carbocycles. The lowest BCUT2D eigenvalue weighted by molar-refractivity contribution is 0.184. The Morgan fingerprint density at radius 1 is 1.44 bits per heavy atom. The van der Waals surface area contributed by atoms with Crippen LogP contribution in [0.25, 0.3) is 11.4 Å². The van der Waals surface area contributed by atoms with E-state index in [2.05, 4.69) is 26.0 Å². The Kier molecular flexibility index (Phi) is 3.13. The predicted molar refractivity (Wildman–Crippen MR) is 67.6 cm³/mol. The monoisotopic (exact) mass is 311 g/mol. The molecule has 18 heavy (non-hydrogen) atoms. The quantitative estimate of drug-likeness (QED) is 0.856. The Labute approximate surface area is 112 Å². The van der Waals surface area contributed by atoms with Crippen molar-refractivity contribution in [1.29, 1.82) is 0 Å². The lowest BCUT2D eigenvalue weighted by atomic mass is 10.3. The molecule has 0 saturated carbocycles. The molecule has 2 aromatic rings. The Balaban J connectivity index is 1.94. The molecule has 0 N–H and O–H groups in total. The standard InChI is InChI=1S/C12H11BrFN3O/c13-10-6-17(9-3-4-18-7-9)16-12(10)11-2-1-8(14)5-15-11/h1-2,5-6,9H,3-4,7H2. The third-order valence-electron chi connectivity index (χ3n) is 2.94. The zero-order chi connectivity index (χ0) is 12.5. The minimum atomic E-state index is -0.349. The van der Waals surface area contributed by atoms with Crippen molar-refractivity contribution in [2.45, 2.75) is 12.5 Å². The smallest absolute Gasteiger partial charge is 0.141 e. The van der Waals surface area contributed by atoms with Crippen molar-refractivity contribution in [2.75, 3.05) is 13.2 Å². The lowest BCUT2D eigenvalue weighted by Gasteiger charge is -2.06. The van der Waals surface area contributed by atoms with Crippen LogP contribution < -0.4 is 0 Å². The number of ether oxygens (including phenoxy) is 1. The Bertz CT molecular complexity index is 549. The molecule has 6 heteroatoms. The first-order chi connectivity index (χ1) is 8.74. The van der Waals surface area contributed by atoms with Crippen molar-refractivity contribution < 1.29 is 9.13 Å². The molecular formula is C12H11BrFN3O. The molecular weight excluding hydrogens is 301 g/mol. The SMILES string of the molecule is Fc1ccc(-c2nn(C3CCOC3)cc2Br)nc1. The molecule has 3 rings (SSSR count). The van der Waals surface area contributed by atoms with Crippen LogP contribution in [0.1, 0.15) is 12.5 Å². The number of halogens is 2. The molecule has 1 atom stereocenters. The molecule has 1 saturated heterocycles. The number of hydrogen-bond acceptors (Lipinski definition) is 3. The topological polar surface area (TPSA) is 39.9 Å². The highest BCUT2D eigenvalue weighted by atomic mass is 79.9. The van der Waals surface area contributed by atoms with Gasteiger partial charge in [-0.1, -0.05) is 0 Å². The van der Waals surface area contributed by atoms with E-state index in [0.29, 0.717) is 12.3 Å². The number of hydrogen-bond donors (Lipinski definition) is 0. The molecule has 2 aromatic heterocycles. The van der Waals surface area contributed by atoms with Gasteiger partial charge in [-0.3, -0.25) is 9.67 Å². The zero-order valence-electron chi connectivity index (χ0n) is 9.51. The molecule has 3 heterocycles. The summed E-state index contributed by atoms with van der Waals surface area (Å²) in [5.41, 5.74) is 1.38. The van der Waals surface area contributed by atoms with E-state index >= 15 is 0 Å². The molecule has 0 radical (unpaired) electrons. The summed E-state index contributed by atoms with van der Waals surface area (Å²) in [6, 6.07) is 3.28. The van der Waals surface area contributed by atoms with Gasteiger partial charge in [0.15, 0.2) is 0 Å². The molecule has 1 unspecified atom stereocenters. The summed E-state index contributed by atoms with van der Waals surface area (Å²) in [6.07, 6.45) is 4.07. The summed E-state index contributed by atoms with van der Waals surface area (Å²) in [5.74, 6) is -0.349. The van der Waals surface area contributed by atoms with E-state index in [0.717, 1.165) is 23.2 Å². The van der Waals surface area contributed by atoms with Crippen LogP contribution >= 0.6 is 15.9 Å². The maximum atomic E-state index is 12.8. The van der Waals surface area contributed by atoms with Gasteiger partial charge in [0.2, 0.25) is 0 Å². The third kappa shape index (κ3) is 2.18. The van der Waals surface area contributed by atoms with E-state index in [-0.39, 0.29) is 11.9 Å². The summed E-state index contributed by atoms with van der Waals surface area (Å²) in [4.78, 5) is 4.04. The summed E-state index contributed by atoms with van der Waals surface area (Å²) >= 11 is 3.46. The first kappa shape index (κ1) is 11.8. The lowest BCUT2D eigenvalue weighted by Crippen LogP contribution is -2.09. The molecule has 0 bridgehead atoms. The van der Waals surface area contributed by atoms with Crippen molar-refractivity contribution in [2.24, 2.45) is 0 Å². The largest absolute Gasteiger partial charge is 0.379 e. The normalized spacial score (nSPS) is 19.3. The van der Waals surface area contributed by atoms with E-state index in [9.17, 15) is 4.39 Å². The van der Waals surface area contributed by atoms with Crippen LogP contribution in [0.5, 0.6) is 0 Å². The van der Waals surface area contributed by atoms with Crippen molar-refractivity contribution in [1.82, 2.24) is 14.8 Å². The van der Waals surface area contributed by atoms with Crippen LogP contribution in [0.4, 0.5) is 4.39 Å². The minimum Gasteiger partial charge on any atom is -0.379 e. The van der Waals surface area contributed by atoms with Gasteiger partial charge < -0.3 is 4.74 Å². The van der Waals surface area contributed by atoms with Gasteiger partial charge in [-0.05, 0) is 34.5 Å². The fourth-order valence-corrected chi connectivity index (χ4v) is 2.47. The van der Waals surface area contributed by atoms with Gasteiger partial charge in [0.25, 0.3) is 0 Å². The average Bonchev–Trinajstić information content (AvgIpc) is 2.99. The first-order valence-electron chi connectivity index (χ1n) is 5.68. The Morgan fingerprint density at radius 3 is 3.00 bits per heavy atom. The van der Waals surface area contributed by atoms with Crippen LogP contribution in [-0.2, 0) is 4.74 Å². The van der Waals surface area contributed by atoms with Gasteiger partial charge in [0.05, 0.1) is 29.0 Å². The van der Waals surface area contributed by atoms with Gasteiger partial charge in [-0.2, -0.15) is 5.10 Å². The fraction of sp³-hybridized carbons (Fsp3) is 0.333. The average molecular weight is 312 g/mol. The number of rotatable bonds is 2. The highest BCUT2D eigenvalue weighted by molar-refractivity contribution is 9.10. The van der Waals surface area contributed by atoms with Crippen LogP contribution in [0, 0.1) is 5.82 Å². The second-order valence-corrected chi connectivity index (χ2v) is 5.04. The molecule has 1 fully saturated rings. The predicted octanol–water partition coefficient (Wildman–Crippen LogP) is 2.81. The second kappa shape index (κ2) is 4.78. The van der Waals surface area contributed by atoms with Gasteiger partial charge in [-0.25, -0.2) is 4.39 Å². The third-order valence-corrected chi connectivity index (χ3v) is 3.52. The fourth-order valence-electron chi connectivity index (χ4n) is 1.98. The molecule has 1 aliphatic rings. The van der Waals surface area contributed by atoms with Crippen molar-refractivity contribution >= 4 is 15.9 Å². The highest BCUT2D eigenvalue weighted by Gasteiger charge is 2.20. The van der Waals surface area contributed by atoms with Crippen molar-refractivity contribution in [3.8, 4) is 11.4 Å². The van der Waals surface area contributed by atoms with Crippen molar-refractivity contribution in [3.63, 3.8) is 0 Å². The molecule has 94 valence electrons. The maximum Gasteiger partial charge on any atom is 0.141 e. The van der Waals surface area contributed by atoms with Gasteiger partial charge in [-0.15, -0.1) is 0 Å². The molecule has 0 aromatic carbocycles. The summed E-state index contributed by atoms with van der Waals surface area (Å²) < 4.78 is 20.9. The summed E-state index contributed by atoms with van der Waals surface area (Å²) in [7, 11) is 0. The second-order valence-electron chi connectivity index (χ2n) is 4.18. The molecule has 0 spiro atoms. The number of aromatic nitrogens is 3. The number of pyridine rings is 1. The highest BCUT2D eigenvalue weighted by Crippen LogP contribution is 2.28. The molecule has 0 amide bonds. The van der Waals surface area contributed by atoms with Crippen LogP contribution in [0.15, 0.2) is 29.0 Å². The van der Waals surface area contributed by atoms with Crippen molar-refractivity contribution in [3.05, 3.63) is 34.8 Å². The van der Waals surface area contributed by atoms with E-state index in [4.69, 9.17) is 4.74 Å². The number of nitrogens with zero attached hydrogens (tertiary/aromatic N) is 3. The van der Waals surface area contributed by atoms with E-state index in [1.54, 1.807) is 6.07 Å². The zero-order valence-corrected chi connectivity index (χ0v) is 11.1. The van der Waals surface area contributed by atoms with E-state index in [1.165, 1.54) is 12.3 Å². The van der Waals surface area contributed by atoms with E-state index in [1.807, 2.05) is 10.9 Å². The van der Waals surface area contributed by atoms with E-state index < -0.39 is 0 Å². The summed E-state index contributed by atoms with van der Waals surface area (Å²) in [6.45, 7) is 1.46. The Hall–Kier alpha value is -1.27. The van der Waals surface area contributed by atoms with Crippen LogP contribution in [0.2, 0.25) is 0 Å². The summed E-state index contributed by atoms with van der Waals surface area (Å²) in [5, 5.41) is 4.50. The van der Waals surface area contributed by atoms with Gasteiger partial charge in [0, 0.05) is 12.8 Å². The van der Waals surface area contributed by atoms with Gasteiger partial charge >= 0.3 is 0 Å². The molecule has 1 aliphatic heterocycles. The minimum absolute atomic E-state index is 0.274. The first-order valence-corrected chi connectivity index (χ1v) is 6.47. The molecule has 4 nitrogen and oxygen atoms in total. The Morgan fingerprint density at radius 2 is 2.33 bits per heavy atom.